The van der Waals surface area contributed by atoms with Gasteiger partial charge in [-0.25, -0.2) is 4.79 Å². The van der Waals surface area contributed by atoms with E-state index in [-0.39, 0.29) is 6.61 Å². The van der Waals surface area contributed by atoms with Gasteiger partial charge in [0, 0.05) is 21.2 Å². The van der Waals surface area contributed by atoms with Gasteiger partial charge in [-0.2, -0.15) is 0 Å². The van der Waals surface area contributed by atoms with E-state index in [4.69, 9.17) is 23.7 Å². The number of rotatable bonds is 4. The number of methoxy groups -OCH3 is 1. The van der Waals surface area contributed by atoms with E-state index >= 15 is 0 Å². The molecular formula is C13H23NO7. The second kappa shape index (κ2) is 6.05. The summed E-state index contributed by atoms with van der Waals surface area (Å²) in [5, 5.41) is 9.48. The lowest BCUT2D eigenvalue weighted by molar-refractivity contribution is -0.229. The summed E-state index contributed by atoms with van der Waals surface area (Å²) in [6.45, 7) is 3.19. The number of ether oxygens (including phenoxy) is 5. The third kappa shape index (κ3) is 3.29. The van der Waals surface area contributed by atoms with Gasteiger partial charge in [0.1, 0.15) is 18.3 Å². The van der Waals surface area contributed by atoms with Crippen molar-refractivity contribution in [1.82, 2.24) is 4.90 Å². The van der Waals surface area contributed by atoms with Crippen LogP contribution >= 0.6 is 0 Å². The van der Waals surface area contributed by atoms with Gasteiger partial charge in [0.05, 0.1) is 6.61 Å². The summed E-state index contributed by atoms with van der Waals surface area (Å²) < 4.78 is 27.7. The summed E-state index contributed by atoms with van der Waals surface area (Å²) in [5.74, 6) is -0.758. The molecule has 2 fully saturated rings. The van der Waals surface area contributed by atoms with Gasteiger partial charge in [0.2, 0.25) is 0 Å². The van der Waals surface area contributed by atoms with Gasteiger partial charge in [-0.05, 0) is 13.8 Å². The van der Waals surface area contributed by atoms with Crippen molar-refractivity contribution in [2.45, 2.75) is 50.3 Å². The summed E-state index contributed by atoms with van der Waals surface area (Å²) in [7, 11) is 4.63. The van der Waals surface area contributed by atoms with Crippen molar-refractivity contribution in [3.05, 3.63) is 0 Å². The molecule has 2 aliphatic rings. The minimum Gasteiger partial charge on any atom is -0.441 e. The largest absolute Gasteiger partial charge is 0.441 e. The Morgan fingerprint density at radius 3 is 2.57 bits per heavy atom. The summed E-state index contributed by atoms with van der Waals surface area (Å²) in [5.41, 5.74) is 0. The van der Waals surface area contributed by atoms with E-state index < -0.39 is 42.6 Å². The molecule has 0 bridgehead atoms. The van der Waals surface area contributed by atoms with Crippen molar-refractivity contribution in [1.29, 1.82) is 0 Å². The molecule has 0 aromatic heterocycles. The zero-order chi connectivity index (χ0) is 15.8. The zero-order valence-corrected chi connectivity index (χ0v) is 12.9. The molecule has 0 aromatic carbocycles. The normalized spacial score (nSPS) is 35.3. The topological polar surface area (TPSA) is 86.7 Å². The predicted octanol–water partition coefficient (Wildman–Crippen LogP) is -0.0631. The van der Waals surface area contributed by atoms with Crippen LogP contribution in [0.1, 0.15) is 13.8 Å². The van der Waals surface area contributed by atoms with Crippen LogP contribution < -0.4 is 0 Å². The van der Waals surface area contributed by atoms with Crippen molar-refractivity contribution in [3.63, 3.8) is 0 Å². The van der Waals surface area contributed by atoms with Crippen LogP contribution in [-0.2, 0) is 23.7 Å². The molecule has 0 saturated carbocycles. The quantitative estimate of drug-likeness (QED) is 0.778. The Kier molecular flexibility index (Phi) is 4.74. The Morgan fingerprint density at radius 2 is 2.05 bits per heavy atom. The van der Waals surface area contributed by atoms with Gasteiger partial charge in [-0.15, -0.1) is 0 Å². The van der Waals surface area contributed by atoms with Crippen LogP contribution in [0.5, 0.6) is 0 Å². The molecule has 5 atom stereocenters. The lowest BCUT2D eigenvalue weighted by Crippen LogP contribution is -2.46. The number of hydrogen-bond donors (Lipinski definition) is 1. The van der Waals surface area contributed by atoms with Gasteiger partial charge < -0.3 is 33.7 Å². The Morgan fingerprint density at radius 1 is 1.38 bits per heavy atom. The number of nitrogens with zero attached hydrogens (tertiary/aromatic N) is 1. The maximum Gasteiger partial charge on any atom is 0.409 e. The lowest BCUT2D eigenvalue weighted by Gasteiger charge is -2.29. The van der Waals surface area contributed by atoms with E-state index in [0.717, 1.165) is 0 Å². The minimum absolute atomic E-state index is 0.382. The zero-order valence-electron chi connectivity index (χ0n) is 12.9. The molecule has 0 radical (unpaired) electrons. The maximum atomic E-state index is 11.6. The van der Waals surface area contributed by atoms with Crippen molar-refractivity contribution in [2.24, 2.45) is 0 Å². The van der Waals surface area contributed by atoms with E-state index in [1.807, 2.05) is 0 Å². The summed E-state index contributed by atoms with van der Waals surface area (Å²) in [6.07, 6.45) is -3.61. The van der Waals surface area contributed by atoms with Gasteiger partial charge in [0.25, 0.3) is 0 Å². The molecule has 0 unspecified atom stereocenters. The molecule has 1 N–H and O–H groups in total. The third-order valence-corrected chi connectivity index (χ3v) is 3.46. The molecule has 0 aromatic rings. The van der Waals surface area contributed by atoms with Crippen LogP contribution in [0.25, 0.3) is 0 Å². The van der Waals surface area contributed by atoms with Gasteiger partial charge in [-0.3, -0.25) is 0 Å². The number of fused-ring (bicyclic) bond motifs is 1. The molecule has 2 aliphatic heterocycles. The number of aliphatic hydroxyl groups is 1. The third-order valence-electron chi connectivity index (χ3n) is 3.46. The first-order chi connectivity index (χ1) is 9.79. The van der Waals surface area contributed by atoms with Crippen molar-refractivity contribution < 1.29 is 33.6 Å². The number of carbonyl (C=O) groups is 1. The second-order valence-corrected chi connectivity index (χ2v) is 5.77. The number of amides is 1. The van der Waals surface area contributed by atoms with Crippen molar-refractivity contribution >= 4 is 6.09 Å². The molecule has 2 saturated heterocycles. The van der Waals surface area contributed by atoms with Crippen molar-refractivity contribution in [2.75, 3.05) is 27.8 Å². The molecule has 2 rings (SSSR count). The SMILES string of the molecule is CO[C@@H]1[C@H]2OC(C)(C)O[C@H]2O[C@@H]1[C@@H](CO)OC(=O)N(C)C. The van der Waals surface area contributed by atoms with E-state index in [2.05, 4.69) is 0 Å². The number of carbonyl (C=O) groups excluding carboxylic acids is 1. The molecule has 2 heterocycles. The molecular weight excluding hydrogens is 282 g/mol. The molecule has 21 heavy (non-hydrogen) atoms. The fourth-order valence-electron chi connectivity index (χ4n) is 2.51. The van der Waals surface area contributed by atoms with Crippen LogP contribution in [0, 0.1) is 0 Å². The Hall–Kier alpha value is -0.930. The number of aliphatic hydroxyl groups excluding tert-OH is 1. The van der Waals surface area contributed by atoms with Crippen LogP contribution in [0.4, 0.5) is 4.79 Å². The monoisotopic (exact) mass is 305 g/mol. The Bertz CT molecular complexity index is 387. The summed E-state index contributed by atoms with van der Waals surface area (Å²) >= 11 is 0. The predicted molar refractivity (Wildman–Crippen MR) is 70.5 cm³/mol. The van der Waals surface area contributed by atoms with Gasteiger partial charge >= 0.3 is 6.09 Å². The smallest absolute Gasteiger partial charge is 0.409 e. The standard InChI is InChI=1S/C13H23NO7/c1-13(2)20-10-9(17-5)8(19-11(10)21-13)7(6-15)18-12(16)14(3)4/h7-11,15H,6H2,1-5H3/t7-,8-,9+,10-,11-/m1/s1. The Labute approximate surface area is 123 Å². The second-order valence-electron chi connectivity index (χ2n) is 5.77. The first kappa shape index (κ1) is 16.4. The highest BCUT2D eigenvalue weighted by atomic mass is 16.8. The highest BCUT2D eigenvalue weighted by Gasteiger charge is 2.57. The lowest BCUT2D eigenvalue weighted by atomic mass is 10.1. The first-order valence-corrected chi connectivity index (χ1v) is 6.81. The van der Waals surface area contributed by atoms with Gasteiger partial charge in [-0.1, -0.05) is 0 Å². The fourth-order valence-corrected chi connectivity index (χ4v) is 2.51. The van der Waals surface area contributed by atoms with Crippen LogP contribution in [0.15, 0.2) is 0 Å². The fraction of sp³-hybridized carbons (Fsp3) is 0.923. The molecule has 122 valence electrons. The average molecular weight is 305 g/mol. The van der Waals surface area contributed by atoms with E-state index in [1.54, 1.807) is 27.9 Å². The molecule has 0 aliphatic carbocycles. The average Bonchev–Trinajstić information content (AvgIpc) is 2.86. The molecule has 8 nitrogen and oxygen atoms in total. The molecule has 0 spiro atoms. The summed E-state index contributed by atoms with van der Waals surface area (Å²) in [4.78, 5) is 12.9. The highest BCUT2D eigenvalue weighted by Crippen LogP contribution is 2.39. The summed E-state index contributed by atoms with van der Waals surface area (Å²) in [6, 6.07) is 0. The van der Waals surface area contributed by atoms with Crippen molar-refractivity contribution in [3.8, 4) is 0 Å². The van der Waals surface area contributed by atoms with Gasteiger partial charge in [0.15, 0.2) is 18.2 Å². The first-order valence-electron chi connectivity index (χ1n) is 6.81. The maximum absolute atomic E-state index is 11.6. The van der Waals surface area contributed by atoms with Crippen LogP contribution in [0.2, 0.25) is 0 Å². The minimum atomic E-state index is -0.856. The number of hydrogen-bond acceptors (Lipinski definition) is 7. The van der Waals surface area contributed by atoms with Crippen LogP contribution in [0.3, 0.4) is 0 Å². The van der Waals surface area contributed by atoms with E-state index in [1.165, 1.54) is 12.0 Å². The van der Waals surface area contributed by atoms with E-state index in [0.29, 0.717) is 0 Å². The Balaban J connectivity index is 2.07. The highest BCUT2D eigenvalue weighted by molar-refractivity contribution is 5.67. The van der Waals surface area contributed by atoms with E-state index in [9.17, 15) is 9.90 Å². The van der Waals surface area contributed by atoms with Crippen LogP contribution in [-0.4, -0.2) is 80.4 Å². The molecule has 8 heteroatoms. The molecule has 1 amide bonds.